The van der Waals surface area contributed by atoms with Crippen molar-refractivity contribution in [3.8, 4) is 45.6 Å². The van der Waals surface area contributed by atoms with E-state index in [2.05, 4.69) is 272 Å². The Labute approximate surface area is 705 Å². The van der Waals surface area contributed by atoms with Crippen molar-refractivity contribution in [3.63, 3.8) is 0 Å². The topological polar surface area (TPSA) is 44.8 Å². The van der Waals surface area contributed by atoms with Crippen LogP contribution in [0.1, 0.15) is 186 Å². The molecule has 0 saturated heterocycles. The summed E-state index contributed by atoms with van der Waals surface area (Å²) in [5.41, 5.74) is 28.4. The summed E-state index contributed by atoms with van der Waals surface area (Å²) in [5, 5.41) is 0. The number of aryl methyl sites for hydroxylation is 24. The molecule has 0 aliphatic carbocycles. The van der Waals surface area contributed by atoms with Crippen LogP contribution in [-0.4, -0.2) is 18.1 Å². The van der Waals surface area contributed by atoms with Crippen molar-refractivity contribution in [1.82, 2.24) is 0 Å². The Hall–Kier alpha value is -11.5. The monoisotopic (exact) mass is 1600 g/mol. The quantitative estimate of drug-likeness (QED) is 0.0852. The van der Waals surface area contributed by atoms with Crippen LogP contribution in [0.25, 0.3) is 11.1 Å². The lowest BCUT2D eigenvalue weighted by molar-refractivity contribution is -0.288. The van der Waals surface area contributed by atoms with Gasteiger partial charge in [-0.1, -0.05) is 172 Å². The van der Waals surface area contributed by atoms with E-state index in [1.54, 1.807) is 13.8 Å². The van der Waals surface area contributed by atoms with Gasteiger partial charge in [0.05, 0.1) is 0 Å². The van der Waals surface area contributed by atoms with E-state index >= 15 is 0 Å². The smallest absolute Gasteiger partial charge is 0.411 e. The summed E-state index contributed by atoms with van der Waals surface area (Å²) in [4.78, 5) is 12.4. The van der Waals surface area contributed by atoms with Gasteiger partial charge in [0.15, 0.2) is 5.78 Å². The van der Waals surface area contributed by atoms with E-state index < -0.39 is 28.9 Å². The molecule has 0 unspecified atom stereocenters. The van der Waals surface area contributed by atoms with Gasteiger partial charge >= 0.3 is 12.4 Å². The number of halogens is 6. The molecule has 0 heterocycles. The van der Waals surface area contributed by atoms with E-state index in [-0.39, 0.29) is 11.2 Å². The van der Waals surface area contributed by atoms with Crippen LogP contribution in [0.15, 0.2) is 243 Å². The molecular weight excluding hydrogens is 1490 g/mol. The highest BCUT2D eigenvalue weighted by Gasteiger charge is 2.72. The third-order valence-electron chi connectivity index (χ3n) is 23.5. The van der Waals surface area contributed by atoms with E-state index in [1.807, 2.05) is 86.6 Å². The zero-order valence-electron chi connectivity index (χ0n) is 74.5. The molecule has 0 N–H and O–H groups in total. The highest BCUT2D eigenvalue weighted by Crippen LogP contribution is 2.57. The summed E-state index contributed by atoms with van der Waals surface area (Å²) in [5.74, 6) is 5.29. The number of ether oxygens (including phenoxy) is 3. The van der Waals surface area contributed by atoms with Gasteiger partial charge in [-0.2, -0.15) is 26.3 Å². The molecule has 13 rings (SSSR count). The fourth-order valence-electron chi connectivity index (χ4n) is 13.4. The molecule has 0 fully saturated rings. The van der Waals surface area contributed by atoms with Crippen LogP contribution in [0.2, 0.25) is 0 Å². The number of hydrogen-bond acceptors (Lipinski definition) is 4. The standard InChI is InChI=1S/C31H32O2.C19H18F6.C17H18O.C16H18O.C16H18.C10H14/c1-21-13-15-29(17-23(21)3)32-27-11-7-9-25(19-27)31(5,6)26-10-8-12-28(20-26)33-30-16-14-22(2)24(4)18-30;1-11-5-7-15(9-13(11)3)17(18(20,21)22,19(23,24)25)16-8-6-12(2)14(4)10-16;1-11-5-7-15(9-13(11)3)17(18)16-8-6-12(2)14(4)10-16;1-11-5-7-15(9-13(11)3)17-16-8-6-12(2)14(4)10-16;1-11-5-7-15(9-13(11)3)16-8-6-12(2)14(4)10-16;1-7-5-9(3)10(4)6-8(7)2/h7-20H,1-6H3;5-10H,1-4H3;5-10H,1-4H3;5-10H,1-4H3;5-10H,1-4H3;5-6H,1-4H3. The van der Waals surface area contributed by atoms with Gasteiger partial charge in [-0.15, -0.1) is 0 Å². The van der Waals surface area contributed by atoms with Gasteiger partial charge in [0.2, 0.25) is 5.41 Å². The first-order valence-corrected chi connectivity index (χ1v) is 40.5. The van der Waals surface area contributed by atoms with Crippen molar-refractivity contribution in [1.29, 1.82) is 0 Å². The number of alkyl halides is 6. The van der Waals surface area contributed by atoms with Crippen molar-refractivity contribution in [2.45, 2.75) is 203 Å². The van der Waals surface area contributed by atoms with Crippen LogP contribution in [0.5, 0.6) is 34.5 Å². The van der Waals surface area contributed by atoms with Gasteiger partial charge in [0.25, 0.3) is 0 Å². The lowest BCUT2D eigenvalue weighted by atomic mass is 9.71. The highest BCUT2D eigenvalue weighted by molar-refractivity contribution is 6.09. The lowest BCUT2D eigenvalue weighted by Gasteiger charge is -2.38. The van der Waals surface area contributed by atoms with E-state index in [0.717, 1.165) is 81.0 Å². The van der Waals surface area contributed by atoms with Crippen LogP contribution in [0, 0.1) is 166 Å². The maximum absolute atomic E-state index is 14.0. The second-order valence-corrected chi connectivity index (χ2v) is 32.9. The van der Waals surface area contributed by atoms with E-state index in [9.17, 15) is 31.1 Å². The van der Waals surface area contributed by atoms with Gasteiger partial charge in [0.1, 0.15) is 34.5 Å². The molecule has 10 heteroatoms. The summed E-state index contributed by atoms with van der Waals surface area (Å²) < 4.78 is 102. The maximum Gasteiger partial charge on any atom is 0.411 e. The minimum atomic E-state index is -5.55. The first-order chi connectivity index (χ1) is 55.8. The third kappa shape index (κ3) is 23.9. The molecular formula is C109H118F6O4. The number of hydrogen-bond donors (Lipinski definition) is 0. The Morgan fingerprint density at radius 3 is 0.672 bits per heavy atom. The van der Waals surface area contributed by atoms with Crippen LogP contribution in [0.4, 0.5) is 26.3 Å². The van der Waals surface area contributed by atoms with Crippen molar-refractivity contribution in [2.24, 2.45) is 0 Å². The van der Waals surface area contributed by atoms with E-state index in [0.29, 0.717) is 22.3 Å². The molecule has 0 aliphatic rings. The Morgan fingerprint density at radius 1 is 0.210 bits per heavy atom. The predicted molar refractivity (Wildman–Crippen MR) is 485 cm³/mol. The van der Waals surface area contributed by atoms with E-state index in [4.69, 9.17) is 14.2 Å². The Morgan fingerprint density at radius 2 is 0.429 bits per heavy atom. The first-order valence-electron chi connectivity index (χ1n) is 40.5. The largest absolute Gasteiger partial charge is 0.457 e. The molecule has 0 saturated carbocycles. The molecule has 0 amide bonds. The van der Waals surface area contributed by atoms with Crippen LogP contribution in [-0.2, 0) is 10.8 Å². The van der Waals surface area contributed by atoms with Crippen LogP contribution >= 0.6 is 0 Å². The minimum Gasteiger partial charge on any atom is -0.457 e. The number of carbonyl (C=O) groups excluding carboxylic acids is 1. The van der Waals surface area contributed by atoms with Gasteiger partial charge in [-0.3, -0.25) is 4.79 Å². The highest BCUT2D eigenvalue weighted by atomic mass is 19.4. The zero-order chi connectivity index (χ0) is 87.9. The van der Waals surface area contributed by atoms with Crippen molar-refractivity contribution in [3.05, 3.63) is 410 Å². The Bertz CT molecular complexity index is 5380. The summed E-state index contributed by atoms with van der Waals surface area (Å²) >= 11 is 0. The van der Waals surface area contributed by atoms with Crippen molar-refractivity contribution < 1.29 is 45.3 Å². The first kappa shape index (κ1) is 93.0. The molecule has 0 atom stereocenters. The summed E-state index contributed by atoms with van der Waals surface area (Å²) in [6.45, 7) is 53.0. The fourth-order valence-corrected chi connectivity index (χ4v) is 13.4. The average Bonchev–Trinajstić information content (AvgIpc) is 0.712. The molecule has 119 heavy (non-hydrogen) atoms. The number of ketones is 1. The zero-order valence-corrected chi connectivity index (χ0v) is 74.5. The molecule has 4 nitrogen and oxygen atoms in total. The van der Waals surface area contributed by atoms with E-state index in [1.165, 1.54) is 148 Å². The summed E-state index contributed by atoms with van der Waals surface area (Å²) in [6, 6.07) is 77.4. The Balaban J connectivity index is 0.000000184. The summed E-state index contributed by atoms with van der Waals surface area (Å²) in [7, 11) is 0. The molecule has 0 aromatic heterocycles. The molecule has 0 radical (unpaired) electrons. The van der Waals surface area contributed by atoms with Crippen LogP contribution in [0.3, 0.4) is 0 Å². The third-order valence-corrected chi connectivity index (χ3v) is 23.5. The van der Waals surface area contributed by atoms with Crippen molar-refractivity contribution in [2.75, 3.05) is 0 Å². The predicted octanol–water partition coefficient (Wildman–Crippen LogP) is 31.5. The maximum atomic E-state index is 14.0. The molecule has 620 valence electrons. The van der Waals surface area contributed by atoms with Gasteiger partial charge in [-0.05, 0) is 418 Å². The summed E-state index contributed by atoms with van der Waals surface area (Å²) in [6.07, 6.45) is -11.1. The van der Waals surface area contributed by atoms with Gasteiger partial charge in [-0.25, -0.2) is 0 Å². The molecule has 13 aromatic rings. The average molecular weight is 1610 g/mol. The molecule has 0 aliphatic heterocycles. The molecule has 0 bridgehead atoms. The Kier molecular flexibility index (Phi) is 31.1. The molecule has 0 spiro atoms. The van der Waals surface area contributed by atoms with Crippen molar-refractivity contribution >= 4 is 5.78 Å². The second-order valence-electron chi connectivity index (χ2n) is 32.9. The number of benzene rings is 13. The van der Waals surface area contributed by atoms with Gasteiger partial charge < -0.3 is 14.2 Å². The second kappa shape index (κ2) is 39.8. The lowest BCUT2D eigenvalue weighted by Crippen LogP contribution is -2.54. The van der Waals surface area contributed by atoms with Gasteiger partial charge in [0, 0.05) is 16.5 Å². The van der Waals surface area contributed by atoms with Crippen LogP contribution < -0.4 is 14.2 Å². The fraction of sp³-hybridized carbons (Fsp3) is 0.275. The number of carbonyl (C=O) groups is 1. The minimum absolute atomic E-state index is 0.0983. The normalized spacial score (nSPS) is 11.2. The SMILES string of the molecule is Cc1cc(C)c(C)cc1C.Cc1ccc(-c2ccc(C)c(C)c2)cc1C.Cc1ccc(C(=O)c2ccc(C)c(C)c2)cc1C.Cc1ccc(C(c2ccc(C)c(C)c2)(C(F)(F)F)C(F)(F)F)cc1C.Cc1ccc(Oc2ccc(C)c(C)c2)cc1C.Cc1ccc(Oc2cccc(C(C)(C)c3cccc(Oc4ccc(C)c(C)c4)c3)c2)cc1C. The molecule has 13 aromatic carbocycles. The number of rotatable bonds is 13.